The predicted molar refractivity (Wildman–Crippen MR) is 101 cm³/mol. The summed E-state index contributed by atoms with van der Waals surface area (Å²) in [5.41, 5.74) is 6.02. The second-order valence-corrected chi connectivity index (χ2v) is 7.24. The molecule has 2 aromatic rings. The van der Waals surface area contributed by atoms with Gasteiger partial charge in [0.15, 0.2) is 0 Å². The molecule has 11 heteroatoms. The van der Waals surface area contributed by atoms with E-state index in [0.717, 1.165) is 0 Å². The number of nitrogens with two attached hydrogens (primary N) is 1. The van der Waals surface area contributed by atoms with Crippen molar-refractivity contribution < 1.29 is 44.2 Å². The summed E-state index contributed by atoms with van der Waals surface area (Å²) in [6, 6.07) is 4.34. The van der Waals surface area contributed by atoms with Crippen molar-refractivity contribution in [3.63, 3.8) is 0 Å². The van der Waals surface area contributed by atoms with E-state index in [1.807, 2.05) is 0 Å². The van der Waals surface area contributed by atoms with Crippen LogP contribution in [-0.2, 0) is 9.53 Å². The first kappa shape index (κ1) is 22.2. The molecule has 0 saturated carbocycles. The minimum absolute atomic E-state index is 0.0442. The highest BCUT2D eigenvalue weighted by Crippen LogP contribution is 2.35. The van der Waals surface area contributed by atoms with Gasteiger partial charge in [-0.1, -0.05) is 0 Å². The van der Waals surface area contributed by atoms with E-state index in [-0.39, 0.29) is 11.3 Å². The number of benzene rings is 1. The van der Waals surface area contributed by atoms with E-state index in [1.54, 1.807) is 13.0 Å². The molecule has 0 bridgehead atoms. The predicted octanol–water partition coefficient (Wildman–Crippen LogP) is -1.55. The van der Waals surface area contributed by atoms with E-state index in [0.29, 0.717) is 10.9 Å². The maximum atomic E-state index is 12.0. The van der Waals surface area contributed by atoms with Gasteiger partial charge >= 0.3 is 17.4 Å². The number of carboxylic acids is 1. The van der Waals surface area contributed by atoms with Crippen LogP contribution < -0.4 is 16.1 Å². The molecule has 1 fully saturated rings. The van der Waals surface area contributed by atoms with E-state index >= 15 is 0 Å². The van der Waals surface area contributed by atoms with Gasteiger partial charge in [0, 0.05) is 17.5 Å². The minimum Gasteiger partial charge on any atom is -0.476 e. The molecule has 0 unspecified atom stereocenters. The topological polar surface area (TPSA) is 193 Å². The van der Waals surface area contributed by atoms with E-state index < -0.39 is 60.9 Å². The maximum Gasteiger partial charge on any atom is 0.377 e. The Hall–Kier alpha value is -2.54. The van der Waals surface area contributed by atoms with E-state index in [4.69, 9.17) is 24.7 Å². The summed E-state index contributed by atoms with van der Waals surface area (Å²) in [4.78, 5) is 23.7. The van der Waals surface area contributed by atoms with Crippen molar-refractivity contribution in [1.82, 2.24) is 0 Å². The summed E-state index contributed by atoms with van der Waals surface area (Å²) in [5, 5.41) is 49.6. The lowest BCUT2D eigenvalue weighted by Gasteiger charge is -2.45. The fourth-order valence-corrected chi connectivity index (χ4v) is 3.41. The summed E-state index contributed by atoms with van der Waals surface area (Å²) < 4.78 is 16.1. The highest BCUT2D eigenvalue weighted by Gasteiger charge is 2.55. The van der Waals surface area contributed by atoms with Crippen LogP contribution in [0.15, 0.2) is 33.5 Å². The third-order valence-electron chi connectivity index (χ3n) is 5.08. The molecule has 1 aromatic carbocycles. The number of rotatable bonds is 6. The number of hydrogen-bond donors (Lipinski definition) is 6. The van der Waals surface area contributed by atoms with Crippen molar-refractivity contribution in [3.8, 4) is 5.75 Å². The Labute approximate surface area is 169 Å². The van der Waals surface area contributed by atoms with E-state index in [2.05, 4.69) is 0 Å². The van der Waals surface area contributed by atoms with Crippen LogP contribution in [0, 0.1) is 6.92 Å². The van der Waals surface area contributed by atoms with Gasteiger partial charge in [-0.25, -0.2) is 9.59 Å². The molecular weight excluding hydrogens is 402 g/mol. The lowest BCUT2D eigenvalue weighted by Crippen LogP contribution is -2.67. The summed E-state index contributed by atoms with van der Waals surface area (Å²) >= 11 is 0. The van der Waals surface area contributed by atoms with Gasteiger partial charge in [-0.2, -0.15) is 0 Å². The van der Waals surface area contributed by atoms with Crippen LogP contribution in [0.4, 0.5) is 0 Å². The van der Waals surface area contributed by atoms with Crippen LogP contribution >= 0.6 is 0 Å². The fourth-order valence-electron chi connectivity index (χ4n) is 3.41. The van der Waals surface area contributed by atoms with E-state index in [1.165, 1.54) is 18.2 Å². The van der Waals surface area contributed by atoms with Gasteiger partial charge in [0.2, 0.25) is 0 Å². The van der Waals surface area contributed by atoms with Crippen molar-refractivity contribution in [2.75, 3.05) is 6.61 Å². The lowest BCUT2D eigenvalue weighted by molar-refractivity contribution is -0.282. The van der Waals surface area contributed by atoms with Gasteiger partial charge < -0.3 is 45.2 Å². The first-order chi connectivity index (χ1) is 14.1. The van der Waals surface area contributed by atoms with Gasteiger partial charge in [0.1, 0.15) is 29.6 Å². The van der Waals surface area contributed by atoms with Crippen LogP contribution in [0.25, 0.3) is 11.0 Å². The first-order valence-corrected chi connectivity index (χ1v) is 9.13. The number of carbonyl (C=O) groups is 1. The molecule has 0 spiro atoms. The Morgan fingerprint density at radius 1 is 1.37 bits per heavy atom. The molecule has 0 aliphatic carbocycles. The van der Waals surface area contributed by atoms with Crippen LogP contribution in [-0.4, -0.2) is 74.4 Å². The normalized spacial score (nSPS) is 28.8. The second kappa shape index (κ2) is 8.30. The van der Waals surface area contributed by atoms with Crippen LogP contribution in [0.2, 0.25) is 0 Å². The number of aliphatic hydroxyl groups is 4. The zero-order valence-corrected chi connectivity index (χ0v) is 16.0. The van der Waals surface area contributed by atoms with Gasteiger partial charge in [-0.15, -0.1) is 0 Å². The number of ether oxygens (including phenoxy) is 2. The summed E-state index contributed by atoms with van der Waals surface area (Å²) in [6.45, 7) is 0.868. The maximum absolute atomic E-state index is 12.0. The molecule has 0 radical (unpaired) electrons. The van der Waals surface area contributed by atoms with Crippen molar-refractivity contribution >= 4 is 16.9 Å². The van der Waals surface area contributed by atoms with Crippen LogP contribution in [0.3, 0.4) is 0 Å². The summed E-state index contributed by atoms with van der Waals surface area (Å²) in [7, 11) is 0. The van der Waals surface area contributed by atoms with Crippen molar-refractivity contribution in [2.24, 2.45) is 5.73 Å². The van der Waals surface area contributed by atoms with Crippen molar-refractivity contribution in [2.45, 2.75) is 49.6 Å². The molecular formula is C19H23NO10. The number of hydrogen-bond acceptors (Lipinski definition) is 10. The monoisotopic (exact) mass is 425 g/mol. The molecule has 6 atom stereocenters. The Morgan fingerprint density at radius 2 is 2.07 bits per heavy atom. The highest BCUT2D eigenvalue weighted by molar-refractivity contribution is 5.82. The number of aliphatic carboxylic acids is 1. The van der Waals surface area contributed by atoms with Crippen LogP contribution in [0.5, 0.6) is 5.75 Å². The lowest BCUT2D eigenvalue weighted by atomic mass is 9.89. The van der Waals surface area contributed by atoms with Gasteiger partial charge in [-0.3, -0.25) is 0 Å². The molecule has 7 N–H and O–H groups in total. The number of aryl methyl sites for hydroxylation is 1. The first-order valence-electron chi connectivity index (χ1n) is 9.13. The largest absolute Gasteiger partial charge is 0.476 e. The molecule has 30 heavy (non-hydrogen) atoms. The van der Waals surface area contributed by atoms with Crippen molar-refractivity contribution in [1.29, 1.82) is 0 Å². The molecule has 1 saturated heterocycles. The molecule has 1 aliphatic rings. The molecule has 1 aromatic heterocycles. The Balaban J connectivity index is 1.99. The standard InChI is InChI=1S/C19H23NO10/c1-8-4-14(24)28-13-5-9(2-3-10(8)13)29-19(18(26)27)6-11(22)15(20)17(30-19)16(25)12(23)7-21/h2-5,11-12,15-17,21-23,25H,6-7,20H2,1H3,(H,26,27)/t11-,12+,15+,16+,17+,19-/m0/s1. The Bertz CT molecular complexity index is 991. The fraction of sp³-hybridized carbons (Fsp3) is 0.474. The molecule has 164 valence electrons. The molecule has 0 amide bonds. The number of fused-ring (bicyclic) bond motifs is 1. The smallest absolute Gasteiger partial charge is 0.377 e. The second-order valence-electron chi connectivity index (χ2n) is 7.24. The number of carboxylic acid groups (broad SMARTS) is 1. The van der Waals surface area contributed by atoms with Gasteiger partial charge in [-0.05, 0) is 24.6 Å². The average molecular weight is 425 g/mol. The SMILES string of the molecule is Cc1cc(=O)oc2cc(O[C@@]3(C(=O)O)C[C@H](O)[C@@H](N)[C@H]([C@H](O)[C@H](O)CO)O3)ccc12. The summed E-state index contributed by atoms with van der Waals surface area (Å²) in [6.07, 6.45) is -7.10. The number of aliphatic hydroxyl groups excluding tert-OH is 4. The third-order valence-corrected chi connectivity index (χ3v) is 5.08. The van der Waals surface area contributed by atoms with Gasteiger partial charge in [0.05, 0.1) is 25.2 Å². The third kappa shape index (κ3) is 4.03. The Kier molecular flexibility index (Phi) is 6.13. The van der Waals surface area contributed by atoms with Gasteiger partial charge in [0.25, 0.3) is 0 Å². The quantitative estimate of drug-likeness (QED) is 0.294. The molecule has 3 rings (SSSR count). The summed E-state index contributed by atoms with van der Waals surface area (Å²) in [5.74, 6) is -4.12. The highest BCUT2D eigenvalue weighted by atomic mass is 16.7. The molecule has 11 nitrogen and oxygen atoms in total. The zero-order chi connectivity index (χ0) is 22.2. The van der Waals surface area contributed by atoms with E-state index in [9.17, 15) is 30.0 Å². The molecule has 1 aliphatic heterocycles. The zero-order valence-electron chi connectivity index (χ0n) is 16.0. The molecule has 2 heterocycles. The Morgan fingerprint density at radius 3 is 2.70 bits per heavy atom. The minimum atomic E-state index is -2.46. The van der Waals surface area contributed by atoms with Crippen molar-refractivity contribution in [3.05, 3.63) is 40.2 Å². The average Bonchev–Trinajstić information content (AvgIpc) is 2.68. The van der Waals surface area contributed by atoms with Crippen LogP contribution in [0.1, 0.15) is 12.0 Å².